The van der Waals surface area contributed by atoms with Crippen LogP contribution in [-0.4, -0.2) is 21.0 Å². The first kappa shape index (κ1) is 16.1. The lowest BCUT2D eigenvalue weighted by atomic mass is 10.0. The van der Waals surface area contributed by atoms with Crippen LogP contribution in [0.1, 0.15) is 35.9 Å². The smallest absolute Gasteiger partial charge is 0.0848 e. The average molecular weight is 307 g/mol. The van der Waals surface area contributed by atoms with Crippen molar-refractivity contribution in [2.45, 2.75) is 52.7 Å². The quantitative estimate of drug-likeness (QED) is 0.883. The fourth-order valence-corrected chi connectivity index (χ4v) is 2.69. The highest BCUT2D eigenvalue weighted by molar-refractivity contribution is 6.31. The molecule has 21 heavy (non-hydrogen) atoms. The van der Waals surface area contributed by atoms with E-state index in [1.165, 1.54) is 11.1 Å². The molecule has 1 atom stereocenters. The van der Waals surface area contributed by atoms with Gasteiger partial charge < -0.3 is 5.11 Å². The molecule has 0 fully saturated rings. The lowest BCUT2D eigenvalue weighted by Crippen LogP contribution is -2.15. The second-order valence-electron chi connectivity index (χ2n) is 5.54. The van der Waals surface area contributed by atoms with Gasteiger partial charge in [0, 0.05) is 13.0 Å². The summed E-state index contributed by atoms with van der Waals surface area (Å²) < 4.78 is 1.88. The number of aliphatic hydroxyl groups excluding tert-OH is 1. The zero-order chi connectivity index (χ0) is 15.4. The second kappa shape index (κ2) is 7.10. The van der Waals surface area contributed by atoms with Gasteiger partial charge in [0.1, 0.15) is 0 Å². The molecule has 3 nitrogen and oxygen atoms in total. The molecule has 0 spiro atoms. The molecule has 114 valence electrons. The van der Waals surface area contributed by atoms with Crippen molar-refractivity contribution in [1.29, 1.82) is 0 Å². The molecule has 0 aliphatic heterocycles. The third-order valence-corrected chi connectivity index (χ3v) is 4.26. The summed E-state index contributed by atoms with van der Waals surface area (Å²) in [5.74, 6) is 0. The van der Waals surface area contributed by atoms with E-state index in [4.69, 9.17) is 11.6 Å². The predicted molar refractivity (Wildman–Crippen MR) is 86.9 cm³/mol. The van der Waals surface area contributed by atoms with E-state index in [1.807, 2.05) is 18.5 Å². The van der Waals surface area contributed by atoms with E-state index in [1.54, 1.807) is 0 Å². The molecule has 1 aromatic heterocycles. The van der Waals surface area contributed by atoms with Crippen LogP contribution in [0, 0.1) is 13.8 Å². The molecule has 1 aromatic carbocycles. The Hall–Kier alpha value is -1.32. The Morgan fingerprint density at radius 1 is 1.24 bits per heavy atom. The molecule has 0 amide bonds. The van der Waals surface area contributed by atoms with E-state index in [-0.39, 0.29) is 0 Å². The Balaban J connectivity index is 1.95. The van der Waals surface area contributed by atoms with E-state index in [9.17, 15) is 5.11 Å². The average Bonchev–Trinajstić information content (AvgIpc) is 2.74. The van der Waals surface area contributed by atoms with Gasteiger partial charge in [0.05, 0.1) is 22.5 Å². The largest absolute Gasteiger partial charge is 0.393 e. The Morgan fingerprint density at radius 3 is 2.52 bits per heavy atom. The van der Waals surface area contributed by atoms with Gasteiger partial charge in [-0.25, -0.2) is 0 Å². The SMILES string of the molecule is CCn1nc(C)c(Cl)c1CC(O)CCc1ccc(C)cc1. The standard InChI is InChI=1S/C17H23ClN2O/c1-4-20-16(17(18)13(3)19-20)11-15(21)10-9-14-7-5-12(2)6-8-14/h5-8,15,21H,4,9-11H2,1-3H3. The van der Waals surface area contributed by atoms with Crippen LogP contribution in [0.5, 0.6) is 0 Å². The maximum Gasteiger partial charge on any atom is 0.0848 e. The summed E-state index contributed by atoms with van der Waals surface area (Å²) in [5.41, 5.74) is 4.28. The van der Waals surface area contributed by atoms with Crippen molar-refractivity contribution in [1.82, 2.24) is 9.78 Å². The van der Waals surface area contributed by atoms with Crippen molar-refractivity contribution in [3.05, 3.63) is 51.8 Å². The van der Waals surface area contributed by atoms with Crippen molar-refractivity contribution in [3.63, 3.8) is 0 Å². The first-order chi connectivity index (χ1) is 10.0. The topological polar surface area (TPSA) is 38.0 Å². The van der Waals surface area contributed by atoms with Gasteiger partial charge in [0.25, 0.3) is 0 Å². The number of nitrogens with zero attached hydrogens (tertiary/aromatic N) is 2. The Bertz CT molecular complexity index is 590. The molecule has 0 saturated heterocycles. The van der Waals surface area contributed by atoms with Gasteiger partial charge in [0.15, 0.2) is 0 Å². The molecule has 0 saturated carbocycles. The predicted octanol–water partition coefficient (Wildman–Crippen LogP) is 3.71. The van der Waals surface area contributed by atoms with Crippen molar-refractivity contribution in [2.24, 2.45) is 0 Å². The first-order valence-electron chi connectivity index (χ1n) is 7.46. The fraction of sp³-hybridized carbons (Fsp3) is 0.471. The van der Waals surface area contributed by atoms with E-state index in [0.29, 0.717) is 11.4 Å². The molecule has 2 rings (SSSR count). The van der Waals surface area contributed by atoms with Gasteiger partial charge in [-0.05, 0) is 39.2 Å². The fourth-order valence-electron chi connectivity index (χ4n) is 2.48. The van der Waals surface area contributed by atoms with Crippen LogP contribution < -0.4 is 0 Å². The summed E-state index contributed by atoms with van der Waals surface area (Å²) in [7, 11) is 0. The zero-order valence-corrected chi connectivity index (χ0v) is 13.7. The summed E-state index contributed by atoms with van der Waals surface area (Å²) in [4.78, 5) is 0. The normalized spacial score (nSPS) is 12.6. The van der Waals surface area contributed by atoms with E-state index in [0.717, 1.165) is 30.8 Å². The van der Waals surface area contributed by atoms with Crippen LogP contribution in [0.4, 0.5) is 0 Å². The molecule has 1 N–H and O–H groups in total. The molecule has 0 radical (unpaired) electrons. The maximum absolute atomic E-state index is 10.3. The van der Waals surface area contributed by atoms with Crippen molar-refractivity contribution >= 4 is 11.6 Å². The number of halogens is 1. The molecule has 1 unspecified atom stereocenters. The van der Waals surface area contributed by atoms with Crippen molar-refractivity contribution < 1.29 is 5.11 Å². The number of aliphatic hydroxyl groups is 1. The summed E-state index contributed by atoms with van der Waals surface area (Å²) >= 11 is 6.28. The van der Waals surface area contributed by atoms with Crippen LogP contribution in [0.3, 0.4) is 0 Å². The highest BCUT2D eigenvalue weighted by Crippen LogP contribution is 2.22. The first-order valence-corrected chi connectivity index (χ1v) is 7.84. The van der Waals surface area contributed by atoms with Gasteiger partial charge in [-0.3, -0.25) is 4.68 Å². The van der Waals surface area contributed by atoms with E-state index in [2.05, 4.69) is 36.3 Å². The zero-order valence-electron chi connectivity index (χ0n) is 12.9. The number of benzene rings is 1. The maximum atomic E-state index is 10.3. The lowest BCUT2D eigenvalue weighted by Gasteiger charge is -2.12. The van der Waals surface area contributed by atoms with E-state index < -0.39 is 6.10 Å². The number of hydrogen-bond acceptors (Lipinski definition) is 2. The Morgan fingerprint density at radius 2 is 1.90 bits per heavy atom. The molecule has 0 bridgehead atoms. The monoisotopic (exact) mass is 306 g/mol. The molecule has 1 heterocycles. The summed E-state index contributed by atoms with van der Waals surface area (Å²) in [5, 5.41) is 15.3. The van der Waals surface area contributed by atoms with Crippen molar-refractivity contribution in [3.8, 4) is 0 Å². The Kier molecular flexibility index (Phi) is 5.43. The highest BCUT2D eigenvalue weighted by atomic mass is 35.5. The van der Waals surface area contributed by atoms with Gasteiger partial charge >= 0.3 is 0 Å². The second-order valence-corrected chi connectivity index (χ2v) is 5.92. The minimum absolute atomic E-state index is 0.398. The number of rotatable bonds is 6. The highest BCUT2D eigenvalue weighted by Gasteiger charge is 2.16. The Labute approximate surface area is 131 Å². The minimum atomic E-state index is -0.398. The third-order valence-electron chi connectivity index (χ3n) is 3.77. The van der Waals surface area contributed by atoms with Gasteiger partial charge in [-0.1, -0.05) is 41.4 Å². The number of aryl methyl sites for hydroxylation is 4. The molecule has 2 aromatic rings. The van der Waals surface area contributed by atoms with Crippen LogP contribution in [-0.2, 0) is 19.4 Å². The molecule has 4 heteroatoms. The van der Waals surface area contributed by atoms with Gasteiger partial charge in [-0.15, -0.1) is 0 Å². The minimum Gasteiger partial charge on any atom is -0.393 e. The number of hydrogen-bond donors (Lipinski definition) is 1. The van der Waals surface area contributed by atoms with Crippen LogP contribution in [0.25, 0.3) is 0 Å². The van der Waals surface area contributed by atoms with Crippen molar-refractivity contribution in [2.75, 3.05) is 0 Å². The van der Waals surface area contributed by atoms with Gasteiger partial charge in [0.2, 0.25) is 0 Å². The molecule has 0 aliphatic rings. The molecular formula is C17H23ClN2O. The third kappa shape index (κ3) is 4.08. The summed E-state index contributed by atoms with van der Waals surface area (Å²) in [6.45, 7) is 6.78. The van der Waals surface area contributed by atoms with Crippen LogP contribution in [0.2, 0.25) is 5.02 Å². The van der Waals surface area contributed by atoms with Crippen LogP contribution in [0.15, 0.2) is 24.3 Å². The molecular weight excluding hydrogens is 284 g/mol. The van der Waals surface area contributed by atoms with E-state index >= 15 is 0 Å². The van der Waals surface area contributed by atoms with Crippen LogP contribution >= 0.6 is 11.6 Å². The number of aromatic nitrogens is 2. The lowest BCUT2D eigenvalue weighted by molar-refractivity contribution is 0.162. The van der Waals surface area contributed by atoms with Gasteiger partial charge in [-0.2, -0.15) is 5.10 Å². The molecule has 0 aliphatic carbocycles. The summed E-state index contributed by atoms with van der Waals surface area (Å²) in [6, 6.07) is 8.45. The summed E-state index contributed by atoms with van der Waals surface area (Å²) in [6.07, 6.45) is 1.76.